The molecule has 3 rings (SSSR count). The number of carbonyl (C=O) groups is 3. The van der Waals surface area contributed by atoms with Gasteiger partial charge < -0.3 is 30.5 Å². The lowest BCUT2D eigenvalue weighted by Crippen LogP contribution is -2.42. The topological polar surface area (TPSA) is 126 Å². The molecule has 0 saturated heterocycles. The van der Waals surface area contributed by atoms with Gasteiger partial charge in [-0.25, -0.2) is 9.59 Å². The fraction of sp³-hybridized carbons (Fsp3) is 0.346. The minimum atomic E-state index is -1.15. The molecule has 1 aliphatic heterocycles. The molecule has 0 aliphatic carbocycles. The summed E-state index contributed by atoms with van der Waals surface area (Å²) >= 11 is 0. The van der Waals surface area contributed by atoms with Crippen LogP contribution in [-0.2, 0) is 27.4 Å². The molecule has 1 heterocycles. The molecule has 35 heavy (non-hydrogen) atoms. The Hall–Kier alpha value is -4.01. The predicted octanol–water partition coefficient (Wildman–Crippen LogP) is 3.11. The quantitative estimate of drug-likeness (QED) is 0.343. The standard InChI is InChI=1S/C26H31N3O6/c30-24(29-23-9-4-5-15-27-23)10-6-16-34-21-13-11-19(12-14-21)17-22(25(31)32)28-26(33)35-18-20-7-2-1-3-8-20/h1-3,7-9,11-14,22,27H,4-6,10,15-18H2,(H,28,33)(H,29,30)(H,31,32)/t22-/m0/s1. The van der Waals surface area contributed by atoms with Gasteiger partial charge in [0.05, 0.1) is 6.61 Å². The smallest absolute Gasteiger partial charge is 0.408 e. The predicted molar refractivity (Wildman–Crippen MR) is 130 cm³/mol. The van der Waals surface area contributed by atoms with Gasteiger partial charge in [-0.3, -0.25) is 4.79 Å². The van der Waals surface area contributed by atoms with Crippen LogP contribution in [0.15, 0.2) is 66.5 Å². The van der Waals surface area contributed by atoms with Gasteiger partial charge in [0, 0.05) is 19.4 Å². The summed E-state index contributed by atoms with van der Waals surface area (Å²) in [5, 5.41) is 17.9. The summed E-state index contributed by atoms with van der Waals surface area (Å²) in [5.41, 5.74) is 1.53. The van der Waals surface area contributed by atoms with E-state index in [1.807, 2.05) is 36.4 Å². The first-order chi connectivity index (χ1) is 17.0. The summed E-state index contributed by atoms with van der Waals surface area (Å²) in [5.74, 6) is 0.183. The van der Waals surface area contributed by atoms with Crippen LogP contribution in [0.25, 0.3) is 0 Å². The molecule has 0 unspecified atom stereocenters. The second-order valence-corrected chi connectivity index (χ2v) is 8.13. The van der Waals surface area contributed by atoms with Gasteiger partial charge in [0.1, 0.15) is 24.2 Å². The van der Waals surface area contributed by atoms with Crippen LogP contribution in [0.3, 0.4) is 0 Å². The van der Waals surface area contributed by atoms with E-state index in [2.05, 4.69) is 16.0 Å². The van der Waals surface area contributed by atoms with E-state index < -0.39 is 18.1 Å². The van der Waals surface area contributed by atoms with Crippen molar-refractivity contribution in [1.82, 2.24) is 16.0 Å². The zero-order valence-electron chi connectivity index (χ0n) is 19.5. The van der Waals surface area contributed by atoms with Gasteiger partial charge in [0.2, 0.25) is 5.91 Å². The van der Waals surface area contributed by atoms with Crippen molar-refractivity contribution in [2.75, 3.05) is 13.2 Å². The Balaban J connectivity index is 1.37. The Morgan fingerprint density at radius 2 is 1.80 bits per heavy atom. The van der Waals surface area contributed by atoms with E-state index in [1.165, 1.54) is 0 Å². The third-order valence-electron chi connectivity index (χ3n) is 5.30. The van der Waals surface area contributed by atoms with Crippen molar-refractivity contribution in [3.05, 3.63) is 77.6 Å². The number of carbonyl (C=O) groups excluding carboxylic acids is 2. The van der Waals surface area contributed by atoms with Crippen LogP contribution in [0.2, 0.25) is 0 Å². The summed E-state index contributed by atoms with van der Waals surface area (Å²) in [6, 6.07) is 15.0. The largest absolute Gasteiger partial charge is 0.494 e. The number of hydrogen-bond acceptors (Lipinski definition) is 6. The minimum Gasteiger partial charge on any atom is -0.494 e. The van der Waals surface area contributed by atoms with Gasteiger partial charge >= 0.3 is 12.1 Å². The number of carboxylic acids is 1. The number of carboxylic acid groups (broad SMARTS) is 1. The van der Waals surface area contributed by atoms with E-state index in [0.29, 0.717) is 25.2 Å². The number of nitrogens with one attached hydrogen (secondary N) is 3. The van der Waals surface area contributed by atoms with Crippen molar-refractivity contribution in [2.24, 2.45) is 0 Å². The van der Waals surface area contributed by atoms with Crippen molar-refractivity contribution in [3.8, 4) is 5.75 Å². The molecule has 0 aromatic heterocycles. The first kappa shape index (κ1) is 25.6. The SMILES string of the molecule is O=C(CCCOc1ccc(C[C@H](NC(=O)OCc2ccccc2)C(=O)O)cc1)NC1=CCCCN1. The molecule has 0 spiro atoms. The number of benzene rings is 2. The number of alkyl carbamates (subject to hydrolysis) is 1. The number of hydrogen-bond donors (Lipinski definition) is 4. The van der Waals surface area contributed by atoms with Gasteiger partial charge in [-0.2, -0.15) is 0 Å². The third-order valence-corrected chi connectivity index (χ3v) is 5.30. The number of ether oxygens (including phenoxy) is 2. The average Bonchev–Trinajstić information content (AvgIpc) is 2.87. The zero-order valence-corrected chi connectivity index (χ0v) is 19.5. The molecule has 9 heteroatoms. The van der Waals surface area contributed by atoms with Gasteiger partial charge in [-0.1, -0.05) is 42.5 Å². The molecule has 9 nitrogen and oxygen atoms in total. The number of allylic oxidation sites excluding steroid dienone is 1. The van der Waals surface area contributed by atoms with Crippen LogP contribution >= 0.6 is 0 Å². The van der Waals surface area contributed by atoms with E-state index >= 15 is 0 Å². The Bertz CT molecular complexity index is 1010. The van der Waals surface area contributed by atoms with E-state index in [0.717, 1.165) is 36.3 Å². The first-order valence-electron chi connectivity index (χ1n) is 11.7. The number of rotatable bonds is 12. The van der Waals surface area contributed by atoms with E-state index in [1.54, 1.807) is 24.3 Å². The molecular weight excluding hydrogens is 450 g/mol. The first-order valence-corrected chi connectivity index (χ1v) is 11.7. The van der Waals surface area contributed by atoms with Gasteiger partial charge in [0.15, 0.2) is 0 Å². The highest BCUT2D eigenvalue weighted by Gasteiger charge is 2.21. The minimum absolute atomic E-state index is 0.0564. The molecule has 0 radical (unpaired) electrons. The summed E-state index contributed by atoms with van der Waals surface area (Å²) in [7, 11) is 0. The van der Waals surface area contributed by atoms with E-state index in [4.69, 9.17) is 9.47 Å². The number of aliphatic carboxylic acids is 1. The molecular formula is C26H31N3O6. The van der Waals surface area contributed by atoms with E-state index in [-0.39, 0.29) is 18.9 Å². The molecule has 186 valence electrons. The molecule has 4 N–H and O–H groups in total. The van der Waals surface area contributed by atoms with Crippen LogP contribution in [-0.4, -0.2) is 42.3 Å². The lowest BCUT2D eigenvalue weighted by atomic mass is 10.1. The Labute approximate surface area is 204 Å². The monoisotopic (exact) mass is 481 g/mol. The Morgan fingerprint density at radius 1 is 1.03 bits per heavy atom. The van der Waals surface area contributed by atoms with Crippen molar-refractivity contribution >= 4 is 18.0 Å². The van der Waals surface area contributed by atoms with Crippen LogP contribution in [0.4, 0.5) is 4.79 Å². The molecule has 2 aromatic rings. The number of amides is 2. The fourth-order valence-corrected chi connectivity index (χ4v) is 3.44. The molecule has 1 atom stereocenters. The Morgan fingerprint density at radius 3 is 2.49 bits per heavy atom. The van der Waals surface area contributed by atoms with Crippen LogP contribution in [0.5, 0.6) is 5.75 Å². The van der Waals surface area contributed by atoms with E-state index in [9.17, 15) is 19.5 Å². The zero-order chi connectivity index (χ0) is 24.9. The van der Waals surface area contributed by atoms with Crippen LogP contribution < -0.4 is 20.7 Å². The maximum Gasteiger partial charge on any atom is 0.408 e. The fourth-order valence-electron chi connectivity index (χ4n) is 3.44. The average molecular weight is 482 g/mol. The third kappa shape index (κ3) is 9.40. The lowest BCUT2D eigenvalue weighted by Gasteiger charge is -2.16. The molecule has 0 saturated carbocycles. The maximum atomic E-state index is 12.0. The molecule has 2 aromatic carbocycles. The molecule has 0 bridgehead atoms. The maximum absolute atomic E-state index is 12.0. The van der Waals surface area contributed by atoms with Crippen molar-refractivity contribution in [2.45, 2.75) is 44.8 Å². The summed E-state index contributed by atoms with van der Waals surface area (Å²) in [4.78, 5) is 35.6. The molecule has 0 fully saturated rings. The van der Waals surface area contributed by atoms with Gasteiger partial charge in [-0.15, -0.1) is 0 Å². The van der Waals surface area contributed by atoms with Crippen LogP contribution in [0, 0.1) is 0 Å². The molecule has 1 aliphatic rings. The second-order valence-electron chi connectivity index (χ2n) is 8.13. The van der Waals surface area contributed by atoms with Crippen molar-refractivity contribution < 1.29 is 29.0 Å². The molecule has 2 amide bonds. The van der Waals surface area contributed by atoms with Gasteiger partial charge in [-0.05, 0) is 48.6 Å². The highest BCUT2D eigenvalue weighted by Crippen LogP contribution is 2.14. The van der Waals surface area contributed by atoms with Crippen LogP contribution in [0.1, 0.15) is 36.8 Å². The highest BCUT2D eigenvalue weighted by atomic mass is 16.5. The normalized spacial score (nSPS) is 13.5. The second kappa shape index (κ2) is 13.6. The lowest BCUT2D eigenvalue weighted by molar-refractivity contribution is -0.139. The van der Waals surface area contributed by atoms with Gasteiger partial charge in [0.25, 0.3) is 0 Å². The van der Waals surface area contributed by atoms with Crippen molar-refractivity contribution in [1.29, 1.82) is 0 Å². The highest BCUT2D eigenvalue weighted by molar-refractivity contribution is 5.80. The summed E-state index contributed by atoms with van der Waals surface area (Å²) in [6.07, 6.45) is 4.24. The Kier molecular flexibility index (Phi) is 9.98. The van der Waals surface area contributed by atoms with Crippen molar-refractivity contribution in [3.63, 3.8) is 0 Å². The summed E-state index contributed by atoms with van der Waals surface area (Å²) < 4.78 is 10.8. The summed E-state index contributed by atoms with van der Waals surface area (Å²) in [6.45, 7) is 1.31.